The zero-order valence-corrected chi connectivity index (χ0v) is 15.8. The van der Waals surface area contributed by atoms with Gasteiger partial charge in [-0.1, -0.05) is 31.9 Å². The highest BCUT2D eigenvalue weighted by molar-refractivity contribution is 5.59. The monoisotopic (exact) mass is 355 g/mol. The summed E-state index contributed by atoms with van der Waals surface area (Å²) in [6.45, 7) is 6.91. The highest BCUT2D eigenvalue weighted by Crippen LogP contribution is 2.29. The standard InChI is InChI=1S/C20H29N5O/c1-3-4-7-11-21-20-22-12-10-19(23-20)25-15-13-24(14-16-25)17-8-5-6-9-18(17)26-2/h5-6,8-10,12H,3-4,7,11,13-16H2,1-2H3,(H,21,22,23). The maximum Gasteiger partial charge on any atom is 0.224 e. The lowest BCUT2D eigenvalue weighted by atomic mass is 10.2. The van der Waals surface area contributed by atoms with Crippen LogP contribution in [0.15, 0.2) is 36.5 Å². The third-order valence-corrected chi connectivity index (χ3v) is 4.73. The van der Waals surface area contributed by atoms with Gasteiger partial charge < -0.3 is 19.9 Å². The van der Waals surface area contributed by atoms with E-state index in [9.17, 15) is 0 Å². The van der Waals surface area contributed by atoms with Crippen LogP contribution in [0.3, 0.4) is 0 Å². The van der Waals surface area contributed by atoms with Crippen LogP contribution in [0.25, 0.3) is 0 Å². The number of hydrogen-bond donors (Lipinski definition) is 1. The van der Waals surface area contributed by atoms with E-state index in [0.717, 1.165) is 62.3 Å². The van der Waals surface area contributed by atoms with Crippen molar-refractivity contribution in [1.82, 2.24) is 9.97 Å². The molecule has 1 fully saturated rings. The van der Waals surface area contributed by atoms with Crippen molar-refractivity contribution in [2.45, 2.75) is 26.2 Å². The topological polar surface area (TPSA) is 53.5 Å². The van der Waals surface area contributed by atoms with Crippen molar-refractivity contribution in [3.8, 4) is 5.75 Å². The number of para-hydroxylation sites is 2. The summed E-state index contributed by atoms with van der Waals surface area (Å²) in [5.74, 6) is 2.66. The lowest BCUT2D eigenvalue weighted by Gasteiger charge is -2.37. The minimum Gasteiger partial charge on any atom is -0.495 e. The fraction of sp³-hybridized carbons (Fsp3) is 0.500. The van der Waals surface area contributed by atoms with Crippen molar-refractivity contribution in [3.05, 3.63) is 36.5 Å². The predicted octanol–water partition coefficient (Wildman–Crippen LogP) is 3.41. The molecule has 0 amide bonds. The molecule has 0 unspecified atom stereocenters. The summed E-state index contributed by atoms with van der Waals surface area (Å²) >= 11 is 0. The summed E-state index contributed by atoms with van der Waals surface area (Å²) in [6, 6.07) is 10.2. The second-order valence-electron chi connectivity index (χ2n) is 6.52. The van der Waals surface area contributed by atoms with Gasteiger partial charge in [-0.05, 0) is 24.6 Å². The predicted molar refractivity (Wildman–Crippen MR) is 107 cm³/mol. The van der Waals surface area contributed by atoms with Gasteiger partial charge in [0.05, 0.1) is 12.8 Å². The Morgan fingerprint density at radius 3 is 2.58 bits per heavy atom. The summed E-state index contributed by atoms with van der Waals surface area (Å²) < 4.78 is 5.50. The Bertz CT molecular complexity index is 685. The van der Waals surface area contributed by atoms with E-state index in [2.05, 4.69) is 44.1 Å². The average molecular weight is 355 g/mol. The molecule has 1 aromatic carbocycles. The van der Waals surface area contributed by atoms with Crippen LogP contribution in [0.4, 0.5) is 17.5 Å². The normalized spacial score (nSPS) is 14.4. The summed E-state index contributed by atoms with van der Waals surface area (Å²) in [5, 5.41) is 3.33. The molecule has 6 nitrogen and oxygen atoms in total. The van der Waals surface area contributed by atoms with Crippen LogP contribution < -0.4 is 19.9 Å². The van der Waals surface area contributed by atoms with Crippen molar-refractivity contribution in [1.29, 1.82) is 0 Å². The van der Waals surface area contributed by atoms with Gasteiger partial charge >= 0.3 is 0 Å². The minimum atomic E-state index is 0.728. The zero-order valence-electron chi connectivity index (χ0n) is 15.8. The molecule has 0 bridgehead atoms. The highest BCUT2D eigenvalue weighted by Gasteiger charge is 2.20. The third kappa shape index (κ3) is 4.56. The first-order valence-electron chi connectivity index (χ1n) is 9.51. The maximum absolute atomic E-state index is 5.50. The number of rotatable bonds is 8. The largest absolute Gasteiger partial charge is 0.495 e. The highest BCUT2D eigenvalue weighted by atomic mass is 16.5. The molecule has 2 heterocycles. The van der Waals surface area contributed by atoms with E-state index in [-0.39, 0.29) is 0 Å². The van der Waals surface area contributed by atoms with Gasteiger partial charge in [-0.15, -0.1) is 0 Å². The van der Waals surface area contributed by atoms with Crippen LogP contribution in [0, 0.1) is 0 Å². The molecule has 0 atom stereocenters. The molecule has 140 valence electrons. The molecular formula is C20H29N5O. The number of ether oxygens (including phenoxy) is 1. The molecule has 2 aromatic rings. The Hall–Kier alpha value is -2.50. The van der Waals surface area contributed by atoms with Gasteiger partial charge in [-0.25, -0.2) is 4.98 Å². The van der Waals surface area contributed by atoms with E-state index in [1.165, 1.54) is 12.8 Å². The van der Waals surface area contributed by atoms with Crippen LogP contribution in [0.1, 0.15) is 26.2 Å². The summed E-state index contributed by atoms with van der Waals surface area (Å²) in [6.07, 6.45) is 5.45. The molecule has 1 saturated heterocycles. The van der Waals surface area contributed by atoms with Crippen molar-refractivity contribution in [2.24, 2.45) is 0 Å². The number of nitrogens with one attached hydrogen (secondary N) is 1. The minimum absolute atomic E-state index is 0.728. The van der Waals surface area contributed by atoms with Gasteiger partial charge in [0.15, 0.2) is 0 Å². The Balaban J connectivity index is 1.58. The molecule has 1 aliphatic heterocycles. The van der Waals surface area contributed by atoms with Crippen LogP contribution in [-0.4, -0.2) is 49.8 Å². The third-order valence-electron chi connectivity index (χ3n) is 4.73. The van der Waals surface area contributed by atoms with Gasteiger partial charge in [0.25, 0.3) is 0 Å². The number of unbranched alkanes of at least 4 members (excludes halogenated alkanes) is 2. The lowest BCUT2D eigenvalue weighted by molar-refractivity contribution is 0.413. The number of aromatic nitrogens is 2. The second-order valence-corrected chi connectivity index (χ2v) is 6.52. The quantitative estimate of drug-likeness (QED) is 0.733. The van der Waals surface area contributed by atoms with Crippen LogP contribution in [-0.2, 0) is 0 Å². The van der Waals surface area contributed by atoms with E-state index in [1.807, 2.05) is 24.4 Å². The van der Waals surface area contributed by atoms with Gasteiger partial charge in [0.2, 0.25) is 5.95 Å². The Morgan fingerprint density at radius 1 is 1.04 bits per heavy atom. The van der Waals surface area contributed by atoms with Crippen molar-refractivity contribution >= 4 is 17.5 Å². The molecule has 6 heteroatoms. The Morgan fingerprint density at radius 2 is 1.81 bits per heavy atom. The molecule has 0 radical (unpaired) electrons. The number of anilines is 3. The number of piperazine rings is 1. The first-order valence-corrected chi connectivity index (χ1v) is 9.51. The zero-order chi connectivity index (χ0) is 18.2. The fourth-order valence-electron chi connectivity index (χ4n) is 3.25. The maximum atomic E-state index is 5.50. The van der Waals surface area contributed by atoms with E-state index in [0.29, 0.717) is 0 Å². The smallest absolute Gasteiger partial charge is 0.224 e. The second kappa shape index (κ2) is 9.27. The van der Waals surface area contributed by atoms with Gasteiger partial charge in [-0.3, -0.25) is 0 Å². The molecule has 0 aliphatic carbocycles. The summed E-state index contributed by atoms with van der Waals surface area (Å²) in [4.78, 5) is 13.7. The van der Waals surface area contributed by atoms with Gasteiger partial charge in [0, 0.05) is 38.9 Å². The number of methoxy groups -OCH3 is 1. The number of benzene rings is 1. The summed E-state index contributed by atoms with van der Waals surface area (Å²) in [5.41, 5.74) is 1.16. The Kier molecular flexibility index (Phi) is 6.52. The lowest BCUT2D eigenvalue weighted by Crippen LogP contribution is -2.47. The van der Waals surface area contributed by atoms with E-state index in [4.69, 9.17) is 4.74 Å². The molecular weight excluding hydrogens is 326 g/mol. The first-order chi connectivity index (χ1) is 12.8. The first kappa shape index (κ1) is 18.3. The molecule has 1 aromatic heterocycles. The molecule has 1 N–H and O–H groups in total. The van der Waals surface area contributed by atoms with Crippen molar-refractivity contribution in [2.75, 3.05) is 55.0 Å². The molecule has 3 rings (SSSR count). The van der Waals surface area contributed by atoms with Gasteiger partial charge in [-0.2, -0.15) is 4.98 Å². The van der Waals surface area contributed by atoms with Crippen LogP contribution in [0.2, 0.25) is 0 Å². The van der Waals surface area contributed by atoms with E-state index in [1.54, 1.807) is 7.11 Å². The number of hydrogen-bond acceptors (Lipinski definition) is 6. The van der Waals surface area contributed by atoms with Crippen molar-refractivity contribution < 1.29 is 4.74 Å². The van der Waals surface area contributed by atoms with Crippen LogP contribution >= 0.6 is 0 Å². The summed E-state index contributed by atoms with van der Waals surface area (Å²) in [7, 11) is 1.73. The molecule has 26 heavy (non-hydrogen) atoms. The molecule has 0 saturated carbocycles. The SMILES string of the molecule is CCCCCNc1nccc(N2CCN(c3ccccc3OC)CC2)n1. The number of nitrogens with zero attached hydrogens (tertiary/aromatic N) is 4. The Labute approximate surface area is 156 Å². The van der Waals surface area contributed by atoms with Gasteiger partial charge in [0.1, 0.15) is 11.6 Å². The fourth-order valence-corrected chi connectivity index (χ4v) is 3.25. The molecule has 0 spiro atoms. The van der Waals surface area contributed by atoms with Crippen molar-refractivity contribution in [3.63, 3.8) is 0 Å². The molecule has 1 aliphatic rings. The average Bonchev–Trinajstić information content (AvgIpc) is 2.71. The van der Waals surface area contributed by atoms with E-state index >= 15 is 0 Å². The van der Waals surface area contributed by atoms with Crippen LogP contribution in [0.5, 0.6) is 5.75 Å². The van der Waals surface area contributed by atoms with E-state index < -0.39 is 0 Å².